The minimum absolute atomic E-state index is 0. The van der Waals surface area contributed by atoms with Gasteiger partial charge in [-0.1, -0.05) is 6.58 Å². The van der Waals surface area contributed by atoms with Crippen LogP contribution in [0.3, 0.4) is 0 Å². The molecule has 0 aromatic carbocycles. The van der Waals surface area contributed by atoms with Crippen LogP contribution in [-0.4, -0.2) is 18.6 Å². The summed E-state index contributed by atoms with van der Waals surface area (Å²) in [5.74, 6) is -1.23. The molecule has 2 rings (SSSR count). The molecule has 6 nitrogen and oxygen atoms in total. The standard InChI is InChI=1S/2C3H4N2.C3H4O2.BrH/c2*1-2-5-3-4-1;1-2-3(4)5;/h2*1-3H,(H,4,5);2H,1H2,(H,4,5);1H. The average molecular weight is 289 g/mol. The first-order chi connectivity index (χ1) is 7.27. The van der Waals surface area contributed by atoms with Gasteiger partial charge in [0.2, 0.25) is 0 Å². The number of carbonyl (C=O) groups is 1. The topological polar surface area (TPSA) is 98.1 Å². The molecule has 0 aliphatic carbocycles. The van der Waals surface area contributed by atoms with E-state index in [2.05, 4.69) is 16.6 Å². The molecule has 16 heavy (non-hydrogen) atoms. The second kappa shape index (κ2) is 13.4. The first-order valence-electron chi connectivity index (χ1n) is 4.14. The summed E-state index contributed by atoms with van der Waals surface area (Å²) in [6.45, 7) is 2.90. The number of hydrogen-bond donors (Lipinski definition) is 2. The molecule has 2 aliphatic heterocycles. The van der Waals surface area contributed by atoms with Crippen LogP contribution in [0.25, 0.3) is 0 Å². The van der Waals surface area contributed by atoms with E-state index in [0.717, 1.165) is 6.08 Å². The van der Waals surface area contributed by atoms with Crippen molar-refractivity contribution >= 4 is 18.6 Å². The Morgan fingerprint density at radius 2 is 1.56 bits per heavy atom. The third kappa shape index (κ3) is 14.9. The molecule has 0 saturated heterocycles. The molecule has 0 radical (unpaired) electrons. The molecule has 0 aromatic rings. The minimum Gasteiger partial charge on any atom is -1.00 e. The van der Waals surface area contributed by atoms with Gasteiger partial charge in [0, 0.05) is 0 Å². The highest BCUT2D eigenvalue weighted by atomic mass is 79.9. The Kier molecular flexibility index (Phi) is 14.1. The lowest BCUT2D eigenvalue weighted by atomic mass is 10.7. The highest BCUT2D eigenvalue weighted by molar-refractivity contribution is 5.76. The van der Waals surface area contributed by atoms with E-state index in [0.29, 0.717) is 0 Å². The van der Waals surface area contributed by atoms with Crippen LogP contribution < -0.4 is 32.7 Å². The largest absolute Gasteiger partial charge is 1.00 e. The highest BCUT2D eigenvalue weighted by Crippen LogP contribution is 1.63. The van der Waals surface area contributed by atoms with Gasteiger partial charge >= 0.3 is 0 Å². The van der Waals surface area contributed by atoms with Crippen molar-refractivity contribution in [1.29, 1.82) is 0 Å². The van der Waals surface area contributed by atoms with Crippen LogP contribution in [-0.2, 0) is 4.79 Å². The Hall–Kier alpha value is -1.57. The first kappa shape index (κ1) is 16.8. The summed E-state index contributed by atoms with van der Waals surface area (Å²) < 4.78 is 0. The van der Waals surface area contributed by atoms with E-state index in [1.165, 1.54) is 0 Å². The van der Waals surface area contributed by atoms with Gasteiger partial charge in [0.15, 0.2) is 12.7 Å². The van der Waals surface area contributed by atoms with Gasteiger partial charge in [-0.2, -0.15) is 0 Å². The lowest BCUT2D eigenvalue weighted by Crippen LogP contribution is -3.00. The van der Waals surface area contributed by atoms with Gasteiger partial charge in [-0.15, -0.1) is 0 Å². The number of nitrogens with two attached hydrogens (primary N) is 2. The maximum atomic E-state index is 9.14. The molecule has 0 bridgehead atoms. The highest BCUT2D eigenvalue weighted by Gasteiger charge is 1.76. The van der Waals surface area contributed by atoms with Gasteiger partial charge in [0.25, 0.3) is 0 Å². The van der Waals surface area contributed by atoms with Gasteiger partial charge in [-0.25, -0.2) is 9.98 Å². The number of nitrogens with zero attached hydrogens (tertiary/aromatic N) is 2. The summed E-state index contributed by atoms with van der Waals surface area (Å²) in [5.41, 5.74) is 0. The lowest BCUT2D eigenvalue weighted by Gasteiger charge is -1.81. The lowest BCUT2D eigenvalue weighted by molar-refractivity contribution is -0.447. The van der Waals surface area contributed by atoms with E-state index in [4.69, 9.17) is 9.90 Å². The van der Waals surface area contributed by atoms with Crippen LogP contribution in [0.4, 0.5) is 0 Å². The Balaban J connectivity index is 0. The molecule has 7 heteroatoms. The zero-order chi connectivity index (χ0) is 11.4. The molecule has 0 amide bonds. The predicted molar refractivity (Wildman–Crippen MR) is 54.3 cm³/mol. The van der Waals surface area contributed by atoms with Crippen molar-refractivity contribution in [2.24, 2.45) is 9.98 Å². The SMILES string of the molecule is C1=C[NH2+]C=N1.C1=C[NH2+]C=N1.C=CC(=O)[O-].[Br-]. The number of carboxylic acid groups (broad SMARTS) is 1. The summed E-state index contributed by atoms with van der Waals surface area (Å²) in [6.07, 6.45) is 11.5. The van der Waals surface area contributed by atoms with Crippen LogP contribution in [0.5, 0.6) is 0 Å². The molecule has 0 fully saturated rings. The molecule has 4 N–H and O–H groups in total. The van der Waals surface area contributed by atoms with Crippen molar-refractivity contribution in [2.45, 2.75) is 0 Å². The van der Waals surface area contributed by atoms with E-state index >= 15 is 0 Å². The number of halogens is 1. The molecular formula is C9H13BrN4O2. The Morgan fingerprint density at radius 3 is 1.62 bits per heavy atom. The molecule has 88 valence electrons. The van der Waals surface area contributed by atoms with Crippen molar-refractivity contribution in [2.75, 3.05) is 0 Å². The molecular weight excluding hydrogens is 276 g/mol. The van der Waals surface area contributed by atoms with E-state index in [-0.39, 0.29) is 17.0 Å². The summed E-state index contributed by atoms with van der Waals surface area (Å²) in [6, 6.07) is 0. The van der Waals surface area contributed by atoms with Crippen LogP contribution >= 0.6 is 0 Å². The molecule has 0 unspecified atom stereocenters. The third-order valence-electron chi connectivity index (χ3n) is 1.08. The number of carbonyl (C=O) groups excluding carboxylic acids is 1. The zero-order valence-corrected chi connectivity index (χ0v) is 10.1. The number of aliphatic carboxylic acids is 1. The van der Waals surface area contributed by atoms with E-state index in [9.17, 15) is 0 Å². The normalized spacial score (nSPS) is 13.0. The summed E-state index contributed by atoms with van der Waals surface area (Å²) >= 11 is 0. The molecule has 0 atom stereocenters. The number of carboxylic acids is 1. The van der Waals surface area contributed by atoms with E-state index in [1.807, 2.05) is 23.0 Å². The van der Waals surface area contributed by atoms with Crippen LogP contribution in [0.1, 0.15) is 0 Å². The van der Waals surface area contributed by atoms with Gasteiger partial charge in [0.05, 0.1) is 18.4 Å². The van der Waals surface area contributed by atoms with Crippen LogP contribution in [0.15, 0.2) is 47.4 Å². The molecule has 0 spiro atoms. The minimum atomic E-state index is -1.23. The number of hydrogen-bond acceptors (Lipinski definition) is 4. The smallest absolute Gasteiger partial charge is 0.191 e. The second-order valence-corrected chi connectivity index (χ2v) is 2.19. The Morgan fingerprint density at radius 1 is 1.19 bits per heavy atom. The third-order valence-corrected chi connectivity index (χ3v) is 1.08. The Bertz CT molecular complexity index is 269. The molecule has 2 aliphatic rings. The quantitative estimate of drug-likeness (QED) is 0.470. The summed E-state index contributed by atoms with van der Waals surface area (Å²) in [7, 11) is 0. The van der Waals surface area contributed by atoms with Gasteiger partial charge in [0.1, 0.15) is 12.4 Å². The zero-order valence-electron chi connectivity index (χ0n) is 8.49. The van der Waals surface area contributed by atoms with Crippen molar-refractivity contribution < 1.29 is 37.5 Å². The maximum absolute atomic E-state index is 9.14. The van der Waals surface area contributed by atoms with Gasteiger partial charge in [-0.3, -0.25) is 10.6 Å². The van der Waals surface area contributed by atoms with E-state index < -0.39 is 5.97 Å². The van der Waals surface area contributed by atoms with Crippen LogP contribution in [0.2, 0.25) is 0 Å². The number of quaternary nitrogens is 2. The van der Waals surface area contributed by atoms with Gasteiger partial charge in [-0.05, 0) is 6.08 Å². The van der Waals surface area contributed by atoms with Crippen molar-refractivity contribution in [3.05, 3.63) is 37.5 Å². The number of rotatable bonds is 1. The van der Waals surface area contributed by atoms with E-state index in [1.54, 1.807) is 25.1 Å². The fourth-order valence-corrected chi connectivity index (χ4v) is 0.497. The molecule has 0 aromatic heterocycles. The predicted octanol–water partition coefficient (Wildman–Crippen LogP) is -5.95. The van der Waals surface area contributed by atoms with Crippen molar-refractivity contribution in [3.8, 4) is 0 Å². The fourth-order valence-electron chi connectivity index (χ4n) is 0.497. The fraction of sp³-hybridized carbons (Fsp3) is 0. The Labute approximate surface area is 104 Å². The average Bonchev–Trinajstić information content (AvgIpc) is 2.96. The second-order valence-electron chi connectivity index (χ2n) is 2.19. The summed E-state index contributed by atoms with van der Waals surface area (Å²) in [4.78, 5) is 16.6. The van der Waals surface area contributed by atoms with Crippen molar-refractivity contribution in [3.63, 3.8) is 0 Å². The maximum Gasteiger partial charge on any atom is 0.191 e. The summed E-state index contributed by atoms with van der Waals surface area (Å²) in [5, 5.41) is 12.9. The molecule has 0 saturated carbocycles. The monoisotopic (exact) mass is 288 g/mol. The molecule has 2 heterocycles. The van der Waals surface area contributed by atoms with Crippen molar-refractivity contribution in [1.82, 2.24) is 0 Å². The van der Waals surface area contributed by atoms with Crippen LogP contribution in [0, 0.1) is 0 Å². The number of aliphatic imine (C=N–C) groups is 2. The first-order valence-corrected chi connectivity index (χ1v) is 4.14. The van der Waals surface area contributed by atoms with Gasteiger partial charge < -0.3 is 26.9 Å².